The Bertz CT molecular complexity index is 2370. The fourth-order valence-corrected chi connectivity index (χ4v) is 9.49. The monoisotopic (exact) mass is 806 g/mol. The summed E-state index contributed by atoms with van der Waals surface area (Å²) < 4.78 is 2.08. The molecule has 2 aliphatic heterocycles. The highest BCUT2D eigenvalue weighted by atomic mass is 16.3. The number of benzene rings is 4. The van der Waals surface area contributed by atoms with Gasteiger partial charge in [-0.1, -0.05) is 91.0 Å². The molecule has 8 rings (SSSR count). The van der Waals surface area contributed by atoms with Crippen LogP contribution >= 0.6 is 0 Å². The first-order valence-electron chi connectivity index (χ1n) is 21.1. The summed E-state index contributed by atoms with van der Waals surface area (Å²) in [6.45, 7) is 4.53. The van der Waals surface area contributed by atoms with Crippen LogP contribution in [0.5, 0.6) is 5.75 Å². The highest BCUT2D eigenvalue weighted by molar-refractivity contribution is 6.00. The number of amides is 3. The number of para-hydroxylation sites is 1. The summed E-state index contributed by atoms with van der Waals surface area (Å²) >= 11 is 0. The van der Waals surface area contributed by atoms with Crippen LogP contribution in [0.3, 0.4) is 0 Å². The quantitative estimate of drug-likeness (QED) is 0.101. The van der Waals surface area contributed by atoms with Gasteiger partial charge < -0.3 is 25.2 Å². The van der Waals surface area contributed by atoms with Gasteiger partial charge in [0.1, 0.15) is 18.0 Å². The molecule has 3 N–H and O–H groups in total. The normalized spacial score (nSPS) is 21.0. The summed E-state index contributed by atoms with van der Waals surface area (Å²) in [6.07, 6.45) is 8.52. The van der Waals surface area contributed by atoms with Crippen LogP contribution in [-0.2, 0) is 40.8 Å². The zero-order valence-electron chi connectivity index (χ0n) is 34.3. The number of Topliss-reactive ketones (excluding diaryl/α,β-unsaturated/α-hetero) is 1. The maximum Gasteiger partial charge on any atom is 0.246 e. The van der Waals surface area contributed by atoms with Crippen molar-refractivity contribution in [1.82, 2.24) is 24.4 Å². The average molecular weight is 807 g/mol. The molecule has 3 aliphatic rings. The number of fused-ring (bicyclic) bond motifs is 2. The minimum Gasteiger partial charge on any atom is -0.508 e. The van der Waals surface area contributed by atoms with Crippen LogP contribution in [0.4, 0.5) is 0 Å². The number of piperazine rings is 1. The largest absolute Gasteiger partial charge is 0.508 e. The molecular weight excluding hydrogens is 753 g/mol. The molecule has 11 heteroatoms. The Morgan fingerprint density at radius 3 is 2.33 bits per heavy atom. The number of aromatic hydroxyl groups is 1. The molecule has 60 heavy (non-hydrogen) atoms. The number of nitrogens with zero attached hydrogens (tertiary/aromatic N) is 5. The van der Waals surface area contributed by atoms with Gasteiger partial charge in [0.05, 0.1) is 18.6 Å². The first-order valence-corrected chi connectivity index (χ1v) is 21.1. The van der Waals surface area contributed by atoms with Crippen LogP contribution in [-0.4, -0.2) is 90.9 Å². The van der Waals surface area contributed by atoms with Gasteiger partial charge in [0, 0.05) is 68.2 Å². The number of phenolic OH excluding ortho intramolecular Hbond substituents is 1. The molecule has 1 aliphatic carbocycles. The molecule has 310 valence electrons. The standard InChI is InChI=1S/C49H54N6O5/c1-3-26-53-32-47(59)54-43(27-34-14-23-40(56)24-15-34)49(60)52(31-45(54)55(53)46(58)25-16-33-8-5-4-6-9-33)29-38-10-7-11-41-42(30-51(2)48(38)41)36-17-19-37(20-18-36)44(57)28-35-12-21-39(50)22-13-35/h3-11,14-15,17-20,23-24,30,35,39,43,45,56H,1,12-13,16,21-22,25-29,31-32,50H2,2H3/t35?,39?,43-,45-/m0/s1. The molecular formula is C49H54N6O5. The molecule has 11 nitrogen and oxygen atoms in total. The molecule has 0 radical (unpaired) electrons. The third-order valence-corrected chi connectivity index (χ3v) is 12.6. The third-order valence-electron chi connectivity index (χ3n) is 12.6. The summed E-state index contributed by atoms with van der Waals surface area (Å²) in [5, 5.41) is 14.5. The first-order chi connectivity index (χ1) is 29.1. The van der Waals surface area contributed by atoms with Gasteiger partial charge in [-0.2, -0.15) is 0 Å². The van der Waals surface area contributed by atoms with E-state index < -0.39 is 12.2 Å². The average Bonchev–Trinajstić information content (AvgIpc) is 3.60. The van der Waals surface area contributed by atoms with Gasteiger partial charge in [0.25, 0.3) is 0 Å². The molecule has 0 spiro atoms. The summed E-state index contributed by atoms with van der Waals surface area (Å²) in [6, 6.07) is 29.9. The van der Waals surface area contributed by atoms with Crippen molar-refractivity contribution in [2.24, 2.45) is 18.7 Å². The zero-order valence-corrected chi connectivity index (χ0v) is 34.3. The minimum absolute atomic E-state index is 0.0603. The lowest BCUT2D eigenvalue weighted by atomic mass is 9.82. The number of hydrogen-bond acceptors (Lipinski definition) is 7. The Hall–Kier alpha value is -6.04. The van der Waals surface area contributed by atoms with Crippen molar-refractivity contribution in [1.29, 1.82) is 0 Å². The summed E-state index contributed by atoms with van der Waals surface area (Å²) in [5.41, 5.74) is 12.5. The number of ketones is 1. The summed E-state index contributed by atoms with van der Waals surface area (Å²) in [5.74, 6) is 0.0912. The van der Waals surface area contributed by atoms with E-state index in [0.717, 1.165) is 70.0 Å². The van der Waals surface area contributed by atoms with Crippen LogP contribution in [0.15, 0.2) is 116 Å². The number of hydrazine groups is 1. The molecule has 0 bridgehead atoms. The SMILES string of the molecule is C=CCN1CC(=O)N2[C@@H](Cc3ccc(O)cc3)C(=O)N(Cc3cccc4c(-c5ccc(C(=O)CC6CCC(N)CC6)cc5)cn(C)c34)C[C@@H]2N1C(=O)CCc1ccccc1. The van der Waals surface area contributed by atoms with E-state index in [-0.39, 0.29) is 67.8 Å². The zero-order chi connectivity index (χ0) is 41.9. The van der Waals surface area contributed by atoms with Crippen molar-refractivity contribution in [2.75, 3.05) is 19.6 Å². The van der Waals surface area contributed by atoms with Gasteiger partial charge in [-0.3, -0.25) is 19.2 Å². The van der Waals surface area contributed by atoms with Crippen molar-refractivity contribution >= 4 is 34.4 Å². The second kappa shape index (κ2) is 17.7. The number of carbonyl (C=O) groups is 4. The molecule has 3 amide bonds. The Morgan fingerprint density at radius 2 is 1.62 bits per heavy atom. The van der Waals surface area contributed by atoms with E-state index in [4.69, 9.17) is 5.73 Å². The molecule has 2 atom stereocenters. The maximum atomic E-state index is 14.8. The molecule has 5 aromatic rings. The topological polar surface area (TPSA) is 132 Å². The molecule has 3 fully saturated rings. The lowest BCUT2D eigenvalue weighted by molar-refractivity contribution is -0.205. The van der Waals surface area contributed by atoms with E-state index in [1.54, 1.807) is 50.2 Å². The van der Waals surface area contributed by atoms with E-state index in [2.05, 4.69) is 23.4 Å². The van der Waals surface area contributed by atoms with Crippen molar-refractivity contribution in [3.63, 3.8) is 0 Å². The van der Waals surface area contributed by atoms with Gasteiger partial charge in [-0.25, -0.2) is 10.0 Å². The highest BCUT2D eigenvalue weighted by Gasteiger charge is 2.51. The summed E-state index contributed by atoms with van der Waals surface area (Å²) in [7, 11) is 2.00. The van der Waals surface area contributed by atoms with Gasteiger partial charge in [-0.05, 0) is 72.4 Å². The third kappa shape index (κ3) is 8.50. The fraction of sp³-hybridized carbons (Fsp3) is 0.347. The Labute approximate surface area is 351 Å². The van der Waals surface area contributed by atoms with Crippen LogP contribution in [0.2, 0.25) is 0 Å². The fourth-order valence-electron chi connectivity index (χ4n) is 9.49. The van der Waals surface area contributed by atoms with Crippen molar-refractivity contribution in [2.45, 2.75) is 76.2 Å². The predicted molar refractivity (Wildman–Crippen MR) is 232 cm³/mol. The van der Waals surface area contributed by atoms with E-state index >= 15 is 0 Å². The number of aromatic nitrogens is 1. The minimum atomic E-state index is -0.879. The van der Waals surface area contributed by atoms with Crippen molar-refractivity contribution in [3.8, 4) is 16.9 Å². The first kappa shape index (κ1) is 40.7. The molecule has 2 saturated heterocycles. The van der Waals surface area contributed by atoms with Crippen LogP contribution in [0.25, 0.3) is 22.0 Å². The van der Waals surface area contributed by atoms with Gasteiger partial charge in [0.2, 0.25) is 17.7 Å². The molecule has 4 aromatic carbocycles. The van der Waals surface area contributed by atoms with Crippen LogP contribution < -0.4 is 5.73 Å². The lowest BCUT2D eigenvalue weighted by Gasteiger charge is -2.55. The smallest absolute Gasteiger partial charge is 0.246 e. The number of hydrogen-bond donors (Lipinski definition) is 2. The predicted octanol–water partition coefficient (Wildman–Crippen LogP) is 6.63. The molecule has 3 heterocycles. The Morgan fingerprint density at radius 1 is 0.883 bits per heavy atom. The maximum absolute atomic E-state index is 14.8. The van der Waals surface area contributed by atoms with Crippen LogP contribution in [0.1, 0.15) is 65.6 Å². The van der Waals surface area contributed by atoms with Gasteiger partial charge in [-0.15, -0.1) is 6.58 Å². The van der Waals surface area contributed by atoms with E-state index in [9.17, 15) is 24.3 Å². The Kier molecular flexibility index (Phi) is 12.0. The molecule has 1 aromatic heterocycles. The number of aryl methyl sites for hydroxylation is 2. The van der Waals surface area contributed by atoms with E-state index in [1.807, 2.05) is 73.8 Å². The second-order valence-electron chi connectivity index (χ2n) is 16.7. The number of phenols is 1. The van der Waals surface area contributed by atoms with Gasteiger partial charge in [0.15, 0.2) is 5.78 Å². The summed E-state index contributed by atoms with van der Waals surface area (Å²) in [4.78, 5) is 59.9. The number of rotatable bonds is 13. The number of carbonyl (C=O) groups excluding carboxylic acids is 4. The highest BCUT2D eigenvalue weighted by Crippen LogP contribution is 2.36. The molecule has 0 unspecified atom stereocenters. The van der Waals surface area contributed by atoms with Crippen LogP contribution in [0, 0.1) is 5.92 Å². The van der Waals surface area contributed by atoms with Crippen molar-refractivity contribution < 1.29 is 24.3 Å². The second-order valence-corrected chi connectivity index (χ2v) is 16.7. The van der Waals surface area contributed by atoms with E-state index in [1.165, 1.54) is 0 Å². The molecule has 1 saturated carbocycles. The van der Waals surface area contributed by atoms with E-state index in [0.29, 0.717) is 25.3 Å². The number of nitrogens with two attached hydrogens (primary N) is 1. The lowest BCUT2D eigenvalue weighted by Crippen LogP contribution is -2.75. The van der Waals surface area contributed by atoms with Gasteiger partial charge >= 0.3 is 0 Å². The Balaban J connectivity index is 1.09. The van der Waals surface area contributed by atoms with Crippen molar-refractivity contribution in [3.05, 3.63) is 138 Å².